The van der Waals surface area contributed by atoms with Gasteiger partial charge in [0.05, 0.1) is 6.04 Å². The molecule has 1 amide bonds. The fourth-order valence-electron chi connectivity index (χ4n) is 2.68. The van der Waals surface area contributed by atoms with Crippen LogP contribution in [0.15, 0.2) is 12.3 Å². The molecule has 7 heteroatoms. The Morgan fingerprint density at radius 3 is 3.00 bits per heavy atom. The molecule has 0 saturated carbocycles. The Hall–Kier alpha value is -1.86. The van der Waals surface area contributed by atoms with E-state index in [1.807, 2.05) is 19.9 Å². The Balaban J connectivity index is 1.60. The van der Waals surface area contributed by atoms with Gasteiger partial charge in [-0.1, -0.05) is 0 Å². The highest BCUT2D eigenvalue weighted by Crippen LogP contribution is 2.21. The predicted octanol–water partition coefficient (Wildman–Crippen LogP) is 2.55. The van der Waals surface area contributed by atoms with E-state index >= 15 is 0 Å². The second-order valence-electron chi connectivity index (χ2n) is 5.83. The lowest BCUT2D eigenvalue weighted by Gasteiger charge is -2.11. The van der Waals surface area contributed by atoms with E-state index in [1.54, 1.807) is 6.20 Å². The van der Waals surface area contributed by atoms with E-state index < -0.39 is 0 Å². The van der Waals surface area contributed by atoms with Crippen molar-refractivity contribution in [1.82, 2.24) is 20.3 Å². The maximum atomic E-state index is 12.0. The van der Waals surface area contributed by atoms with Crippen molar-refractivity contribution in [3.05, 3.63) is 34.4 Å². The van der Waals surface area contributed by atoms with Gasteiger partial charge in [0.2, 0.25) is 5.91 Å². The molecule has 1 aliphatic rings. The van der Waals surface area contributed by atoms with Crippen molar-refractivity contribution in [1.29, 1.82) is 0 Å². The standard InChI is InChI=1S/C16H21N5OS/c1-10-8-12(20-15(19-10)13-4-3-7-17-13)5-6-14(22)21-16-18-9-11(2)23-16/h8-9,13,17H,3-7H2,1-2H3,(H,18,21,22). The van der Waals surface area contributed by atoms with Gasteiger partial charge in [0.25, 0.3) is 0 Å². The predicted molar refractivity (Wildman–Crippen MR) is 90.5 cm³/mol. The SMILES string of the molecule is Cc1cc(CCC(=O)Nc2ncc(C)s2)nc(C2CCCN2)n1. The van der Waals surface area contributed by atoms with Crippen molar-refractivity contribution < 1.29 is 4.79 Å². The van der Waals surface area contributed by atoms with Gasteiger partial charge in [-0.25, -0.2) is 15.0 Å². The van der Waals surface area contributed by atoms with Gasteiger partial charge >= 0.3 is 0 Å². The molecule has 0 aromatic carbocycles. The molecule has 1 aliphatic heterocycles. The average molecular weight is 331 g/mol. The minimum Gasteiger partial charge on any atom is -0.307 e. The number of anilines is 1. The summed E-state index contributed by atoms with van der Waals surface area (Å²) in [6, 6.07) is 2.21. The van der Waals surface area contributed by atoms with E-state index in [-0.39, 0.29) is 11.9 Å². The highest BCUT2D eigenvalue weighted by Gasteiger charge is 2.19. The largest absolute Gasteiger partial charge is 0.307 e. The minimum absolute atomic E-state index is 0.0313. The van der Waals surface area contributed by atoms with E-state index in [9.17, 15) is 4.79 Å². The first-order valence-electron chi connectivity index (χ1n) is 7.90. The third kappa shape index (κ3) is 4.33. The molecule has 3 rings (SSSR count). The Morgan fingerprint density at radius 2 is 2.30 bits per heavy atom. The zero-order valence-corrected chi connectivity index (χ0v) is 14.2. The van der Waals surface area contributed by atoms with Crippen LogP contribution in [0.4, 0.5) is 5.13 Å². The molecule has 2 aromatic rings. The molecule has 122 valence electrons. The Bertz CT molecular complexity index is 694. The van der Waals surface area contributed by atoms with Crippen LogP contribution >= 0.6 is 11.3 Å². The third-order valence-electron chi connectivity index (χ3n) is 3.77. The van der Waals surface area contributed by atoms with E-state index in [0.717, 1.165) is 41.5 Å². The maximum absolute atomic E-state index is 12.0. The van der Waals surface area contributed by atoms with Gasteiger partial charge in [-0.15, -0.1) is 11.3 Å². The van der Waals surface area contributed by atoms with Crippen LogP contribution in [0.3, 0.4) is 0 Å². The number of aryl methyl sites for hydroxylation is 3. The Morgan fingerprint density at radius 1 is 1.43 bits per heavy atom. The van der Waals surface area contributed by atoms with Crippen LogP contribution in [-0.2, 0) is 11.2 Å². The smallest absolute Gasteiger partial charge is 0.226 e. The molecule has 0 radical (unpaired) electrons. The summed E-state index contributed by atoms with van der Waals surface area (Å²) in [6.45, 7) is 4.96. The summed E-state index contributed by atoms with van der Waals surface area (Å²) in [5.74, 6) is 0.824. The second-order valence-corrected chi connectivity index (χ2v) is 7.07. The number of amides is 1. The van der Waals surface area contributed by atoms with E-state index in [2.05, 4.69) is 25.6 Å². The number of aromatic nitrogens is 3. The Labute approximate surface area is 139 Å². The molecule has 0 bridgehead atoms. The van der Waals surface area contributed by atoms with Crippen molar-refractivity contribution >= 4 is 22.4 Å². The van der Waals surface area contributed by atoms with Gasteiger partial charge in [-0.2, -0.15) is 0 Å². The molecule has 1 fully saturated rings. The summed E-state index contributed by atoms with van der Waals surface area (Å²) in [4.78, 5) is 26.4. The number of thiazole rings is 1. The molecular weight excluding hydrogens is 310 g/mol. The number of carbonyl (C=O) groups excluding carboxylic acids is 1. The summed E-state index contributed by atoms with van der Waals surface area (Å²) in [6.07, 6.45) is 5.00. The van der Waals surface area contributed by atoms with Crippen LogP contribution in [0.2, 0.25) is 0 Å². The molecule has 1 saturated heterocycles. The Kier molecular flexibility index (Phi) is 4.97. The third-order valence-corrected chi connectivity index (χ3v) is 4.60. The molecule has 6 nitrogen and oxygen atoms in total. The number of nitrogens with one attached hydrogen (secondary N) is 2. The highest BCUT2D eigenvalue weighted by molar-refractivity contribution is 7.15. The molecule has 0 aliphatic carbocycles. The van der Waals surface area contributed by atoms with Crippen molar-refractivity contribution in [2.24, 2.45) is 0 Å². The molecule has 2 aromatic heterocycles. The van der Waals surface area contributed by atoms with E-state index in [4.69, 9.17) is 0 Å². The van der Waals surface area contributed by atoms with Crippen LogP contribution in [0.25, 0.3) is 0 Å². The number of hydrogen-bond acceptors (Lipinski definition) is 6. The van der Waals surface area contributed by atoms with Gasteiger partial charge in [0.15, 0.2) is 5.13 Å². The van der Waals surface area contributed by atoms with Crippen molar-refractivity contribution in [3.63, 3.8) is 0 Å². The maximum Gasteiger partial charge on any atom is 0.226 e. The van der Waals surface area contributed by atoms with E-state index in [1.165, 1.54) is 11.3 Å². The fourth-order valence-corrected chi connectivity index (χ4v) is 3.36. The molecule has 3 heterocycles. The topological polar surface area (TPSA) is 79.8 Å². The first-order chi connectivity index (χ1) is 11.1. The first-order valence-corrected chi connectivity index (χ1v) is 8.72. The van der Waals surface area contributed by atoms with Crippen molar-refractivity contribution in [2.45, 2.75) is 45.6 Å². The fraction of sp³-hybridized carbons (Fsp3) is 0.500. The van der Waals surface area contributed by atoms with Gasteiger partial charge in [-0.3, -0.25) is 4.79 Å². The summed E-state index contributed by atoms with van der Waals surface area (Å²) < 4.78 is 0. The zero-order valence-electron chi connectivity index (χ0n) is 13.4. The number of hydrogen-bond donors (Lipinski definition) is 2. The van der Waals surface area contributed by atoms with Crippen LogP contribution < -0.4 is 10.6 Å². The zero-order chi connectivity index (χ0) is 16.2. The number of nitrogens with zero attached hydrogens (tertiary/aromatic N) is 3. The van der Waals surface area contributed by atoms with Crippen LogP contribution in [0, 0.1) is 13.8 Å². The summed E-state index contributed by atoms with van der Waals surface area (Å²) in [7, 11) is 0. The molecule has 0 spiro atoms. The first kappa shape index (κ1) is 16.0. The molecule has 1 atom stereocenters. The summed E-state index contributed by atoms with van der Waals surface area (Å²) >= 11 is 1.48. The quantitative estimate of drug-likeness (QED) is 0.880. The lowest BCUT2D eigenvalue weighted by Crippen LogP contribution is -2.18. The number of carbonyl (C=O) groups is 1. The highest BCUT2D eigenvalue weighted by atomic mass is 32.1. The lowest BCUT2D eigenvalue weighted by molar-refractivity contribution is -0.116. The summed E-state index contributed by atoms with van der Waals surface area (Å²) in [5.41, 5.74) is 1.88. The van der Waals surface area contributed by atoms with Crippen LogP contribution in [-0.4, -0.2) is 27.4 Å². The summed E-state index contributed by atoms with van der Waals surface area (Å²) in [5, 5.41) is 6.90. The molecule has 2 N–H and O–H groups in total. The van der Waals surface area contributed by atoms with Gasteiger partial charge in [-0.05, 0) is 45.7 Å². The average Bonchev–Trinajstić information content (AvgIpc) is 3.16. The van der Waals surface area contributed by atoms with Crippen molar-refractivity contribution in [3.8, 4) is 0 Å². The normalized spacial score (nSPS) is 17.4. The van der Waals surface area contributed by atoms with Crippen LogP contribution in [0.1, 0.15) is 47.4 Å². The minimum atomic E-state index is -0.0313. The molecule has 23 heavy (non-hydrogen) atoms. The van der Waals surface area contributed by atoms with E-state index in [0.29, 0.717) is 18.0 Å². The lowest BCUT2D eigenvalue weighted by atomic mass is 10.1. The van der Waals surface area contributed by atoms with Gasteiger partial charge in [0, 0.05) is 28.9 Å². The van der Waals surface area contributed by atoms with Crippen LogP contribution in [0.5, 0.6) is 0 Å². The monoisotopic (exact) mass is 331 g/mol. The molecular formula is C16H21N5OS. The van der Waals surface area contributed by atoms with Crippen molar-refractivity contribution in [2.75, 3.05) is 11.9 Å². The van der Waals surface area contributed by atoms with Gasteiger partial charge < -0.3 is 10.6 Å². The number of rotatable bonds is 5. The molecule has 1 unspecified atom stereocenters. The van der Waals surface area contributed by atoms with Gasteiger partial charge in [0.1, 0.15) is 5.82 Å². The second kappa shape index (κ2) is 7.14.